The Bertz CT molecular complexity index is 408. The van der Waals surface area contributed by atoms with E-state index in [0.717, 1.165) is 12.8 Å². The number of aryl methyl sites for hydroxylation is 1. The minimum Gasteiger partial charge on any atom is -0.377 e. The largest absolute Gasteiger partial charge is 0.377 e. The van der Waals surface area contributed by atoms with Crippen molar-refractivity contribution in [2.24, 2.45) is 0 Å². The Labute approximate surface area is 98.8 Å². The molecular weight excluding hydrogens is 194 g/mol. The first-order valence-electron chi connectivity index (χ1n) is 5.55. The van der Waals surface area contributed by atoms with E-state index >= 15 is 0 Å². The van der Waals surface area contributed by atoms with Crippen molar-refractivity contribution in [3.05, 3.63) is 35.4 Å². The van der Waals surface area contributed by atoms with E-state index in [1.807, 2.05) is 6.92 Å². The van der Waals surface area contributed by atoms with Crippen molar-refractivity contribution in [1.82, 2.24) is 0 Å². The molecular formula is C15H19N. The van der Waals surface area contributed by atoms with Crippen LogP contribution in [0.2, 0.25) is 0 Å². The molecule has 0 saturated heterocycles. The summed E-state index contributed by atoms with van der Waals surface area (Å²) in [6, 6.07) is 6.52. The van der Waals surface area contributed by atoms with Crippen molar-refractivity contribution < 1.29 is 0 Å². The predicted molar refractivity (Wildman–Crippen MR) is 72.6 cm³/mol. The van der Waals surface area contributed by atoms with Crippen molar-refractivity contribution in [3.63, 3.8) is 0 Å². The van der Waals surface area contributed by atoms with Gasteiger partial charge < -0.3 is 4.90 Å². The van der Waals surface area contributed by atoms with Crippen LogP contribution in [0, 0.1) is 12.3 Å². The topological polar surface area (TPSA) is 3.24 Å². The van der Waals surface area contributed by atoms with Gasteiger partial charge in [-0.25, -0.2) is 0 Å². The van der Waals surface area contributed by atoms with Crippen LogP contribution in [0.1, 0.15) is 24.5 Å². The Morgan fingerprint density at radius 2 is 2.12 bits per heavy atom. The molecule has 1 heteroatoms. The van der Waals surface area contributed by atoms with Gasteiger partial charge in [0.05, 0.1) is 0 Å². The van der Waals surface area contributed by atoms with Crippen molar-refractivity contribution in [1.29, 1.82) is 0 Å². The number of anilines is 1. The fourth-order valence-corrected chi connectivity index (χ4v) is 1.70. The van der Waals surface area contributed by atoms with E-state index in [9.17, 15) is 0 Å². The molecule has 1 aromatic carbocycles. The third kappa shape index (κ3) is 3.17. The molecule has 0 heterocycles. The summed E-state index contributed by atoms with van der Waals surface area (Å²) >= 11 is 0. The molecule has 0 aromatic heterocycles. The van der Waals surface area contributed by atoms with Crippen molar-refractivity contribution in [2.75, 3.05) is 19.0 Å². The van der Waals surface area contributed by atoms with Crippen molar-refractivity contribution in [3.8, 4) is 12.3 Å². The molecule has 0 aliphatic carbocycles. The molecule has 0 radical (unpaired) electrons. The van der Waals surface area contributed by atoms with Crippen LogP contribution < -0.4 is 4.90 Å². The third-order valence-electron chi connectivity index (χ3n) is 2.48. The zero-order valence-electron chi connectivity index (χ0n) is 10.3. The Morgan fingerprint density at radius 1 is 1.38 bits per heavy atom. The van der Waals surface area contributed by atoms with E-state index in [-0.39, 0.29) is 0 Å². The molecule has 0 fully saturated rings. The van der Waals surface area contributed by atoms with Gasteiger partial charge in [-0.2, -0.15) is 0 Å². The van der Waals surface area contributed by atoms with Crippen LogP contribution in [0.3, 0.4) is 0 Å². The lowest BCUT2D eigenvalue weighted by Gasteiger charge is -2.16. The Balaban J connectivity index is 3.03. The summed E-state index contributed by atoms with van der Waals surface area (Å²) in [6.07, 6.45) is 11.2. The number of benzene rings is 1. The van der Waals surface area contributed by atoms with Gasteiger partial charge in [0.1, 0.15) is 0 Å². The van der Waals surface area contributed by atoms with Gasteiger partial charge in [-0.15, -0.1) is 12.3 Å². The highest BCUT2D eigenvalue weighted by Gasteiger charge is 2.02. The van der Waals surface area contributed by atoms with E-state index in [1.54, 1.807) is 0 Å². The van der Waals surface area contributed by atoms with Crippen LogP contribution in [0.4, 0.5) is 5.69 Å². The standard InChI is InChI=1S/C15H19N/c1-5-7-9-13-10-11-15(16(3)4)14(12-13)8-6-2/h1,6,8,10-12H,7,9H2,2-4H3/b8-6-. The molecule has 1 aromatic rings. The van der Waals surface area contributed by atoms with Crippen LogP contribution >= 0.6 is 0 Å². The van der Waals surface area contributed by atoms with Crippen LogP contribution in [-0.2, 0) is 6.42 Å². The lowest BCUT2D eigenvalue weighted by atomic mass is 10.0. The number of allylic oxidation sites excluding steroid dienone is 1. The molecule has 0 unspecified atom stereocenters. The number of terminal acetylenes is 1. The van der Waals surface area contributed by atoms with E-state index in [0.29, 0.717) is 0 Å². The predicted octanol–water partition coefficient (Wildman–Crippen LogP) is 3.35. The molecule has 16 heavy (non-hydrogen) atoms. The summed E-state index contributed by atoms with van der Waals surface area (Å²) in [5, 5.41) is 0. The number of rotatable bonds is 4. The van der Waals surface area contributed by atoms with Crippen molar-refractivity contribution >= 4 is 11.8 Å². The second kappa shape index (κ2) is 6.02. The second-order valence-electron chi connectivity index (χ2n) is 3.99. The molecule has 0 saturated carbocycles. The first-order chi connectivity index (χ1) is 7.69. The summed E-state index contributed by atoms with van der Waals surface area (Å²) in [7, 11) is 4.12. The summed E-state index contributed by atoms with van der Waals surface area (Å²) in [5.41, 5.74) is 3.79. The third-order valence-corrected chi connectivity index (χ3v) is 2.48. The SMILES string of the molecule is C#CCCc1ccc(N(C)C)c(/C=C\C)c1. The zero-order valence-corrected chi connectivity index (χ0v) is 10.3. The molecule has 0 N–H and O–H groups in total. The fraction of sp³-hybridized carbons (Fsp3) is 0.333. The maximum Gasteiger partial charge on any atom is 0.0434 e. The molecule has 1 nitrogen and oxygen atoms in total. The Hall–Kier alpha value is -1.68. The van der Waals surface area contributed by atoms with Crippen LogP contribution in [-0.4, -0.2) is 14.1 Å². The highest BCUT2D eigenvalue weighted by Crippen LogP contribution is 2.22. The van der Waals surface area contributed by atoms with Gasteiger partial charge in [0.15, 0.2) is 0 Å². The molecule has 0 spiro atoms. The lowest BCUT2D eigenvalue weighted by molar-refractivity contribution is 1.02. The zero-order chi connectivity index (χ0) is 12.0. The van der Waals surface area contributed by atoms with Gasteiger partial charge in [0.2, 0.25) is 0 Å². The summed E-state index contributed by atoms with van der Waals surface area (Å²) in [5.74, 6) is 2.68. The van der Waals surface area contributed by atoms with Gasteiger partial charge in [0, 0.05) is 26.2 Å². The van der Waals surface area contributed by atoms with E-state index in [2.05, 4.69) is 55.3 Å². The monoisotopic (exact) mass is 213 g/mol. The highest BCUT2D eigenvalue weighted by molar-refractivity contribution is 5.68. The van der Waals surface area contributed by atoms with Gasteiger partial charge in [-0.05, 0) is 36.6 Å². The number of hydrogen-bond acceptors (Lipinski definition) is 1. The summed E-state index contributed by atoms with van der Waals surface area (Å²) < 4.78 is 0. The van der Waals surface area contributed by atoms with Crippen molar-refractivity contribution in [2.45, 2.75) is 19.8 Å². The average molecular weight is 213 g/mol. The molecule has 0 aliphatic rings. The van der Waals surface area contributed by atoms with E-state index in [4.69, 9.17) is 6.42 Å². The number of hydrogen-bond donors (Lipinski definition) is 0. The van der Waals surface area contributed by atoms with Gasteiger partial charge >= 0.3 is 0 Å². The van der Waals surface area contributed by atoms with E-state index in [1.165, 1.54) is 16.8 Å². The summed E-state index contributed by atoms with van der Waals surface area (Å²) in [6.45, 7) is 2.04. The van der Waals surface area contributed by atoms with Crippen LogP contribution in [0.15, 0.2) is 24.3 Å². The first kappa shape index (κ1) is 12.4. The minimum atomic E-state index is 0.802. The summed E-state index contributed by atoms with van der Waals surface area (Å²) in [4.78, 5) is 2.13. The average Bonchev–Trinajstić information content (AvgIpc) is 2.26. The van der Waals surface area contributed by atoms with Gasteiger partial charge in [0.25, 0.3) is 0 Å². The number of nitrogens with zero attached hydrogens (tertiary/aromatic N) is 1. The lowest BCUT2D eigenvalue weighted by Crippen LogP contribution is -2.10. The van der Waals surface area contributed by atoms with Gasteiger partial charge in [-0.1, -0.05) is 18.2 Å². The molecule has 0 aliphatic heterocycles. The van der Waals surface area contributed by atoms with Crippen LogP contribution in [0.5, 0.6) is 0 Å². The molecule has 84 valence electrons. The quantitative estimate of drug-likeness (QED) is 0.693. The molecule has 0 atom stereocenters. The maximum atomic E-state index is 5.28. The minimum absolute atomic E-state index is 0.802. The van der Waals surface area contributed by atoms with E-state index < -0.39 is 0 Å². The maximum absolute atomic E-state index is 5.28. The molecule has 1 rings (SSSR count). The fourth-order valence-electron chi connectivity index (χ4n) is 1.70. The Morgan fingerprint density at radius 3 is 2.69 bits per heavy atom. The molecule has 0 amide bonds. The smallest absolute Gasteiger partial charge is 0.0434 e. The Kier molecular flexibility index (Phi) is 4.66. The normalized spacial score (nSPS) is 10.4. The highest BCUT2D eigenvalue weighted by atomic mass is 15.1. The van der Waals surface area contributed by atoms with Crippen LogP contribution in [0.25, 0.3) is 6.08 Å². The van der Waals surface area contributed by atoms with Gasteiger partial charge in [-0.3, -0.25) is 0 Å². The molecule has 0 bridgehead atoms. The first-order valence-corrected chi connectivity index (χ1v) is 5.55. The second-order valence-corrected chi connectivity index (χ2v) is 3.99.